The van der Waals surface area contributed by atoms with Crippen LogP contribution in [0, 0.1) is 11.8 Å². The Balaban J connectivity index is 1.40. The first-order valence-corrected chi connectivity index (χ1v) is 8.82. The molecule has 3 heterocycles. The summed E-state index contributed by atoms with van der Waals surface area (Å²) in [6.45, 7) is 0.231. The van der Waals surface area contributed by atoms with Crippen LogP contribution in [0.4, 0.5) is 0 Å². The van der Waals surface area contributed by atoms with E-state index < -0.39 is 12.0 Å². The zero-order valence-electron chi connectivity index (χ0n) is 14.4. The third-order valence-corrected chi connectivity index (χ3v) is 5.28. The maximum atomic E-state index is 12.6. The van der Waals surface area contributed by atoms with Crippen LogP contribution in [0.3, 0.4) is 0 Å². The molecule has 1 fully saturated rings. The summed E-state index contributed by atoms with van der Waals surface area (Å²) in [5.41, 5.74) is 1.73. The molecule has 2 aromatic carbocycles. The molecule has 0 aliphatic carbocycles. The summed E-state index contributed by atoms with van der Waals surface area (Å²) in [7, 11) is 0. The topological polar surface area (TPSA) is 83.5 Å². The van der Waals surface area contributed by atoms with Gasteiger partial charge in [0.1, 0.15) is 6.10 Å². The van der Waals surface area contributed by atoms with E-state index >= 15 is 0 Å². The summed E-state index contributed by atoms with van der Waals surface area (Å²) >= 11 is 0. The normalized spacial score (nSPS) is 24.9. The number of cyclic esters (lactones) is 1. The predicted molar refractivity (Wildman–Crippen MR) is 91.7 cm³/mol. The van der Waals surface area contributed by atoms with Gasteiger partial charge in [-0.05, 0) is 41.8 Å². The van der Waals surface area contributed by atoms with Gasteiger partial charge in [0.2, 0.25) is 13.6 Å². The Morgan fingerprint density at radius 2 is 1.56 bits per heavy atom. The summed E-state index contributed by atoms with van der Waals surface area (Å²) in [5.74, 6) is 1.57. The predicted octanol–water partition coefficient (Wildman–Crippen LogP) is 2.21. The van der Waals surface area contributed by atoms with E-state index in [0.717, 1.165) is 11.1 Å². The molecule has 3 aliphatic rings. The van der Waals surface area contributed by atoms with Crippen molar-refractivity contribution in [3.05, 3.63) is 47.5 Å². The van der Waals surface area contributed by atoms with Crippen molar-refractivity contribution in [1.82, 2.24) is 0 Å². The maximum Gasteiger partial charge on any atom is 0.310 e. The Hall–Kier alpha value is -2.93. The lowest BCUT2D eigenvalue weighted by Crippen LogP contribution is -2.22. The summed E-state index contributed by atoms with van der Waals surface area (Å²) in [5, 5.41) is 9.98. The van der Waals surface area contributed by atoms with Crippen LogP contribution in [0.1, 0.15) is 17.2 Å². The second-order valence-electron chi connectivity index (χ2n) is 6.81. The first-order chi connectivity index (χ1) is 13.2. The molecule has 0 amide bonds. The van der Waals surface area contributed by atoms with Gasteiger partial charge in [-0.15, -0.1) is 0 Å². The van der Waals surface area contributed by atoms with Crippen LogP contribution in [-0.2, 0) is 16.0 Å². The van der Waals surface area contributed by atoms with Gasteiger partial charge in [-0.25, -0.2) is 0 Å². The lowest BCUT2D eigenvalue weighted by Gasteiger charge is -2.19. The van der Waals surface area contributed by atoms with Gasteiger partial charge in [-0.1, -0.05) is 12.1 Å². The van der Waals surface area contributed by atoms with Gasteiger partial charge in [0.15, 0.2) is 23.0 Å². The second kappa shape index (κ2) is 6.35. The number of carbonyl (C=O) groups is 1. The van der Waals surface area contributed by atoms with Crippen molar-refractivity contribution in [3.8, 4) is 23.0 Å². The number of hydrogen-bond donors (Lipinski definition) is 1. The van der Waals surface area contributed by atoms with Crippen LogP contribution < -0.4 is 18.9 Å². The van der Waals surface area contributed by atoms with Crippen LogP contribution >= 0.6 is 0 Å². The molecule has 0 radical (unpaired) electrons. The van der Waals surface area contributed by atoms with E-state index in [9.17, 15) is 9.90 Å². The Morgan fingerprint density at radius 1 is 0.889 bits per heavy atom. The quantitative estimate of drug-likeness (QED) is 0.826. The molecule has 7 heteroatoms. The van der Waals surface area contributed by atoms with Crippen LogP contribution in [0.25, 0.3) is 0 Å². The van der Waals surface area contributed by atoms with Crippen molar-refractivity contribution in [2.24, 2.45) is 11.8 Å². The smallest absolute Gasteiger partial charge is 0.310 e. The molecule has 1 saturated heterocycles. The standard InChI is InChI=1S/C20H18O7/c21-8-14-13(5-11-1-3-15-17(6-11)25-9-23-15)20(22)27-19(14)12-2-4-16-18(7-12)26-10-24-16/h1-4,6-7,13-14,19,21H,5,8-10H2/t13-,14-,19+/m0/s1. The zero-order chi connectivity index (χ0) is 18.4. The van der Waals surface area contributed by atoms with Gasteiger partial charge in [-0.2, -0.15) is 0 Å². The molecule has 0 spiro atoms. The van der Waals surface area contributed by atoms with Crippen molar-refractivity contribution in [1.29, 1.82) is 0 Å². The number of hydrogen-bond acceptors (Lipinski definition) is 7. The molecule has 1 N–H and O–H groups in total. The van der Waals surface area contributed by atoms with Crippen molar-refractivity contribution >= 4 is 5.97 Å². The minimum atomic E-state index is -0.518. The number of carbonyl (C=O) groups excluding carboxylic acids is 1. The van der Waals surface area contributed by atoms with Crippen LogP contribution in [0.5, 0.6) is 23.0 Å². The molecular formula is C20H18O7. The van der Waals surface area contributed by atoms with Gasteiger partial charge in [-0.3, -0.25) is 4.79 Å². The molecule has 0 saturated carbocycles. The molecule has 27 heavy (non-hydrogen) atoms. The third-order valence-electron chi connectivity index (χ3n) is 5.28. The molecule has 3 aliphatic heterocycles. The van der Waals surface area contributed by atoms with E-state index in [-0.39, 0.29) is 32.1 Å². The van der Waals surface area contributed by atoms with E-state index in [1.54, 1.807) is 6.07 Å². The first kappa shape index (κ1) is 16.3. The Morgan fingerprint density at radius 3 is 2.30 bits per heavy atom. The zero-order valence-corrected chi connectivity index (χ0v) is 14.4. The lowest BCUT2D eigenvalue weighted by molar-refractivity contribution is -0.144. The molecular weight excluding hydrogens is 352 g/mol. The highest BCUT2D eigenvalue weighted by atomic mass is 16.7. The number of benzene rings is 2. The number of rotatable bonds is 4. The van der Waals surface area contributed by atoms with E-state index in [1.165, 1.54) is 0 Å². The van der Waals surface area contributed by atoms with Crippen molar-refractivity contribution in [3.63, 3.8) is 0 Å². The monoisotopic (exact) mass is 370 g/mol. The number of ether oxygens (including phenoxy) is 5. The molecule has 0 unspecified atom stereocenters. The van der Waals surface area contributed by atoms with Gasteiger partial charge in [0, 0.05) is 5.92 Å². The van der Waals surface area contributed by atoms with Gasteiger partial charge < -0.3 is 28.8 Å². The van der Waals surface area contributed by atoms with Crippen molar-refractivity contribution in [2.45, 2.75) is 12.5 Å². The summed E-state index contributed by atoms with van der Waals surface area (Å²) < 4.78 is 27.1. The first-order valence-electron chi connectivity index (χ1n) is 8.82. The fraction of sp³-hybridized carbons (Fsp3) is 0.350. The molecule has 0 aromatic heterocycles. The maximum absolute atomic E-state index is 12.6. The minimum Gasteiger partial charge on any atom is -0.457 e. The Bertz CT molecular complexity index is 894. The molecule has 2 aromatic rings. The highest BCUT2D eigenvalue weighted by Crippen LogP contribution is 2.44. The Labute approximate surface area is 155 Å². The molecule has 140 valence electrons. The van der Waals surface area contributed by atoms with E-state index in [2.05, 4.69) is 0 Å². The van der Waals surface area contributed by atoms with Gasteiger partial charge >= 0.3 is 5.97 Å². The number of aliphatic hydroxyl groups is 1. The van der Waals surface area contributed by atoms with Gasteiger partial charge in [0.05, 0.1) is 12.5 Å². The third kappa shape index (κ3) is 2.75. The summed E-state index contributed by atoms with van der Waals surface area (Å²) in [4.78, 5) is 12.6. The number of fused-ring (bicyclic) bond motifs is 2. The van der Waals surface area contributed by atoms with Crippen LogP contribution in [0.15, 0.2) is 36.4 Å². The summed E-state index contributed by atoms with van der Waals surface area (Å²) in [6, 6.07) is 11.1. The van der Waals surface area contributed by atoms with E-state index in [1.807, 2.05) is 30.3 Å². The number of aliphatic hydroxyl groups excluding tert-OH is 1. The lowest BCUT2D eigenvalue weighted by atomic mass is 9.84. The summed E-state index contributed by atoms with van der Waals surface area (Å²) in [6.07, 6.45) is -0.0575. The van der Waals surface area contributed by atoms with E-state index in [4.69, 9.17) is 23.7 Å². The highest BCUT2D eigenvalue weighted by molar-refractivity contribution is 5.76. The average Bonchev–Trinajstić information content (AvgIpc) is 3.40. The van der Waals surface area contributed by atoms with Crippen LogP contribution in [0.2, 0.25) is 0 Å². The Kier molecular flexibility index (Phi) is 3.82. The number of esters is 1. The van der Waals surface area contributed by atoms with Crippen molar-refractivity contribution < 1.29 is 33.6 Å². The molecule has 3 atom stereocenters. The molecule has 5 rings (SSSR count). The van der Waals surface area contributed by atoms with E-state index in [0.29, 0.717) is 29.4 Å². The highest BCUT2D eigenvalue weighted by Gasteiger charge is 2.45. The molecule has 0 bridgehead atoms. The van der Waals surface area contributed by atoms with Gasteiger partial charge in [0.25, 0.3) is 0 Å². The minimum absolute atomic E-state index is 0.153. The fourth-order valence-electron chi connectivity index (χ4n) is 3.87. The fourth-order valence-corrected chi connectivity index (χ4v) is 3.87. The largest absolute Gasteiger partial charge is 0.457 e. The van der Waals surface area contributed by atoms with Crippen molar-refractivity contribution in [2.75, 3.05) is 20.2 Å². The second-order valence-corrected chi connectivity index (χ2v) is 6.81. The SMILES string of the molecule is O=C1O[C@H](c2ccc3c(c2)OCO3)[C@@H](CO)[C@@H]1Cc1ccc2c(c1)OCO2. The van der Waals surface area contributed by atoms with Crippen LogP contribution in [-0.4, -0.2) is 31.3 Å². The average molecular weight is 370 g/mol. The molecule has 7 nitrogen and oxygen atoms in total.